The summed E-state index contributed by atoms with van der Waals surface area (Å²) in [4.78, 5) is 8.18. The molecule has 1 atom stereocenters. The minimum atomic E-state index is 0.163. The number of morpholine rings is 1. The van der Waals surface area contributed by atoms with Crippen molar-refractivity contribution in [2.75, 3.05) is 32.8 Å². The van der Waals surface area contributed by atoms with Gasteiger partial charge < -0.3 is 10.1 Å². The molecule has 0 aromatic carbocycles. The van der Waals surface area contributed by atoms with Gasteiger partial charge in [0.1, 0.15) is 0 Å². The van der Waals surface area contributed by atoms with Crippen LogP contribution in [0.2, 0.25) is 0 Å². The Kier molecular flexibility index (Phi) is 4.95. The summed E-state index contributed by atoms with van der Waals surface area (Å²) in [5, 5.41) is 3.65. The summed E-state index contributed by atoms with van der Waals surface area (Å²) in [7, 11) is 0. The highest BCUT2D eigenvalue weighted by atomic mass is 32.1. The zero-order chi connectivity index (χ0) is 13.9. The van der Waals surface area contributed by atoms with Gasteiger partial charge in [-0.1, -0.05) is 0 Å². The number of aryl methyl sites for hydroxylation is 1. The van der Waals surface area contributed by atoms with Crippen LogP contribution in [0.5, 0.6) is 0 Å². The van der Waals surface area contributed by atoms with Crippen LogP contribution < -0.4 is 5.32 Å². The van der Waals surface area contributed by atoms with Crippen LogP contribution in [0.25, 0.3) is 0 Å². The standard InChI is InChI=1S/C14H25N3OS/c1-11(13-12(2)16-10-19-13)15-9-14(3,4)17-5-7-18-8-6-17/h10-11,15H,5-9H2,1-4H3. The Bertz CT molecular complexity index is 399. The van der Waals surface area contributed by atoms with Crippen LogP contribution in [0.15, 0.2) is 5.51 Å². The topological polar surface area (TPSA) is 37.4 Å². The van der Waals surface area contributed by atoms with Crippen molar-refractivity contribution in [3.05, 3.63) is 16.1 Å². The van der Waals surface area contributed by atoms with Gasteiger partial charge in [0.15, 0.2) is 0 Å². The molecule has 1 aromatic heterocycles. The van der Waals surface area contributed by atoms with Gasteiger partial charge in [-0.3, -0.25) is 4.90 Å². The summed E-state index contributed by atoms with van der Waals surface area (Å²) < 4.78 is 5.43. The van der Waals surface area contributed by atoms with E-state index in [4.69, 9.17) is 4.74 Å². The minimum absolute atomic E-state index is 0.163. The molecule has 1 unspecified atom stereocenters. The van der Waals surface area contributed by atoms with E-state index < -0.39 is 0 Å². The Morgan fingerprint density at radius 3 is 2.74 bits per heavy atom. The molecule has 1 aromatic rings. The van der Waals surface area contributed by atoms with Gasteiger partial charge in [-0.25, -0.2) is 4.98 Å². The quantitative estimate of drug-likeness (QED) is 0.899. The maximum Gasteiger partial charge on any atom is 0.0798 e. The van der Waals surface area contributed by atoms with Crippen LogP contribution in [-0.2, 0) is 4.74 Å². The molecule has 2 heterocycles. The Balaban J connectivity index is 1.88. The lowest BCUT2D eigenvalue weighted by Crippen LogP contribution is -2.54. The van der Waals surface area contributed by atoms with Crippen molar-refractivity contribution in [1.82, 2.24) is 15.2 Å². The molecule has 5 heteroatoms. The number of nitrogens with zero attached hydrogens (tertiary/aromatic N) is 2. The van der Waals surface area contributed by atoms with Crippen molar-refractivity contribution >= 4 is 11.3 Å². The van der Waals surface area contributed by atoms with Crippen LogP contribution in [-0.4, -0.2) is 48.3 Å². The van der Waals surface area contributed by atoms with E-state index in [0.717, 1.165) is 38.5 Å². The fourth-order valence-electron chi connectivity index (χ4n) is 2.50. The molecule has 0 saturated carbocycles. The summed E-state index contributed by atoms with van der Waals surface area (Å²) >= 11 is 1.74. The van der Waals surface area contributed by atoms with Crippen LogP contribution in [0.3, 0.4) is 0 Å². The van der Waals surface area contributed by atoms with E-state index in [1.54, 1.807) is 11.3 Å². The van der Waals surface area contributed by atoms with Gasteiger partial charge in [0.2, 0.25) is 0 Å². The molecule has 1 fully saturated rings. The maximum atomic E-state index is 5.43. The van der Waals surface area contributed by atoms with Gasteiger partial charge >= 0.3 is 0 Å². The van der Waals surface area contributed by atoms with Crippen molar-refractivity contribution in [2.24, 2.45) is 0 Å². The van der Waals surface area contributed by atoms with E-state index in [2.05, 4.69) is 42.9 Å². The van der Waals surface area contributed by atoms with Gasteiger partial charge in [0, 0.05) is 36.1 Å². The van der Waals surface area contributed by atoms with E-state index in [1.165, 1.54) is 4.88 Å². The fraction of sp³-hybridized carbons (Fsp3) is 0.786. The predicted molar refractivity (Wildman–Crippen MR) is 79.7 cm³/mol. The van der Waals surface area contributed by atoms with E-state index in [1.807, 2.05) is 5.51 Å². The van der Waals surface area contributed by atoms with E-state index in [-0.39, 0.29) is 5.54 Å². The maximum absolute atomic E-state index is 5.43. The van der Waals surface area contributed by atoms with Gasteiger partial charge in [0.25, 0.3) is 0 Å². The molecule has 1 N–H and O–H groups in total. The molecular formula is C14H25N3OS. The molecule has 0 bridgehead atoms. The molecule has 2 rings (SSSR count). The molecule has 0 radical (unpaired) electrons. The minimum Gasteiger partial charge on any atom is -0.379 e. The van der Waals surface area contributed by atoms with E-state index in [9.17, 15) is 0 Å². The first-order valence-corrected chi connectivity index (χ1v) is 7.85. The first kappa shape index (κ1) is 14.9. The van der Waals surface area contributed by atoms with Crippen LogP contribution in [0, 0.1) is 6.92 Å². The van der Waals surface area contributed by atoms with Crippen molar-refractivity contribution in [1.29, 1.82) is 0 Å². The number of aromatic nitrogens is 1. The molecule has 0 amide bonds. The third-order valence-electron chi connectivity index (χ3n) is 3.88. The summed E-state index contributed by atoms with van der Waals surface area (Å²) in [6.07, 6.45) is 0. The Labute approximate surface area is 120 Å². The smallest absolute Gasteiger partial charge is 0.0798 e. The molecule has 19 heavy (non-hydrogen) atoms. The second kappa shape index (κ2) is 6.31. The first-order chi connectivity index (χ1) is 9.00. The lowest BCUT2D eigenvalue weighted by molar-refractivity contribution is -0.0102. The van der Waals surface area contributed by atoms with Crippen molar-refractivity contribution in [3.8, 4) is 0 Å². The molecule has 4 nitrogen and oxygen atoms in total. The monoisotopic (exact) mass is 283 g/mol. The highest BCUT2D eigenvalue weighted by Gasteiger charge is 2.28. The highest BCUT2D eigenvalue weighted by Crippen LogP contribution is 2.22. The first-order valence-electron chi connectivity index (χ1n) is 6.97. The van der Waals surface area contributed by atoms with Gasteiger partial charge in [-0.2, -0.15) is 0 Å². The van der Waals surface area contributed by atoms with Crippen LogP contribution in [0.4, 0.5) is 0 Å². The number of rotatable bonds is 5. The Morgan fingerprint density at radius 1 is 1.47 bits per heavy atom. The summed E-state index contributed by atoms with van der Waals surface area (Å²) in [6, 6.07) is 0.368. The average Bonchev–Trinajstić information content (AvgIpc) is 2.83. The lowest BCUT2D eigenvalue weighted by Gasteiger charge is -2.41. The molecule has 108 valence electrons. The Hall–Kier alpha value is -0.490. The molecule has 1 saturated heterocycles. The molecular weight excluding hydrogens is 258 g/mol. The van der Waals surface area contributed by atoms with Gasteiger partial charge in [0.05, 0.1) is 24.4 Å². The largest absolute Gasteiger partial charge is 0.379 e. The summed E-state index contributed by atoms with van der Waals surface area (Å²) in [5.41, 5.74) is 3.24. The van der Waals surface area contributed by atoms with Crippen molar-refractivity contribution in [2.45, 2.75) is 39.3 Å². The molecule has 0 spiro atoms. The molecule has 1 aliphatic heterocycles. The van der Waals surface area contributed by atoms with Crippen molar-refractivity contribution in [3.63, 3.8) is 0 Å². The van der Waals surface area contributed by atoms with Crippen LogP contribution >= 0.6 is 11.3 Å². The van der Waals surface area contributed by atoms with E-state index in [0.29, 0.717) is 6.04 Å². The zero-order valence-corrected chi connectivity index (χ0v) is 13.2. The molecule has 1 aliphatic rings. The van der Waals surface area contributed by atoms with Gasteiger partial charge in [-0.15, -0.1) is 11.3 Å². The fourth-order valence-corrected chi connectivity index (χ4v) is 3.34. The molecule has 0 aliphatic carbocycles. The number of hydrogen-bond donors (Lipinski definition) is 1. The predicted octanol–water partition coefficient (Wildman–Crippen LogP) is 2.21. The normalized spacial score (nSPS) is 19.6. The second-order valence-electron chi connectivity index (χ2n) is 5.82. The number of hydrogen-bond acceptors (Lipinski definition) is 5. The average molecular weight is 283 g/mol. The van der Waals surface area contributed by atoms with Crippen LogP contribution in [0.1, 0.15) is 37.4 Å². The van der Waals surface area contributed by atoms with Crippen molar-refractivity contribution < 1.29 is 4.74 Å². The zero-order valence-electron chi connectivity index (χ0n) is 12.4. The SMILES string of the molecule is Cc1ncsc1C(C)NCC(C)(C)N1CCOCC1. The number of ether oxygens (including phenoxy) is 1. The highest BCUT2D eigenvalue weighted by molar-refractivity contribution is 7.09. The number of thiazole rings is 1. The second-order valence-corrected chi connectivity index (χ2v) is 6.70. The van der Waals surface area contributed by atoms with Gasteiger partial charge in [-0.05, 0) is 27.7 Å². The number of nitrogens with one attached hydrogen (secondary N) is 1. The summed E-state index contributed by atoms with van der Waals surface area (Å²) in [6.45, 7) is 13.7. The van der Waals surface area contributed by atoms with E-state index >= 15 is 0 Å². The summed E-state index contributed by atoms with van der Waals surface area (Å²) in [5.74, 6) is 0. The third kappa shape index (κ3) is 3.75. The third-order valence-corrected chi connectivity index (χ3v) is 5.00. The lowest BCUT2D eigenvalue weighted by atomic mass is 10.0. The Morgan fingerprint density at radius 2 is 2.16 bits per heavy atom.